The van der Waals surface area contributed by atoms with Gasteiger partial charge in [-0.2, -0.15) is 9.57 Å². The summed E-state index contributed by atoms with van der Waals surface area (Å²) >= 11 is 0. The van der Waals surface area contributed by atoms with E-state index < -0.39 is 28.1 Å². The summed E-state index contributed by atoms with van der Waals surface area (Å²) < 4.78 is 34.6. The average molecular weight is 454 g/mol. The van der Waals surface area contributed by atoms with Gasteiger partial charge in [-0.1, -0.05) is 12.1 Å². The Bertz CT molecular complexity index is 1340. The molecule has 1 aromatic carbocycles. The predicted octanol–water partition coefficient (Wildman–Crippen LogP) is 2.30. The first-order valence-corrected chi connectivity index (χ1v) is 11.6. The monoisotopic (exact) mass is 453 g/mol. The van der Waals surface area contributed by atoms with Crippen molar-refractivity contribution in [2.75, 3.05) is 6.54 Å². The van der Waals surface area contributed by atoms with Crippen molar-refractivity contribution >= 4 is 21.5 Å². The van der Waals surface area contributed by atoms with Crippen molar-refractivity contribution in [3.63, 3.8) is 0 Å². The number of esters is 1. The van der Waals surface area contributed by atoms with E-state index in [-0.39, 0.29) is 24.5 Å². The largest absolute Gasteiger partial charge is 0.460 e. The van der Waals surface area contributed by atoms with E-state index in [1.807, 2.05) is 19.9 Å². The molecule has 3 aromatic rings. The number of carbonyl (C=O) groups is 1. The van der Waals surface area contributed by atoms with Crippen molar-refractivity contribution in [3.8, 4) is 6.07 Å². The van der Waals surface area contributed by atoms with Gasteiger partial charge in [0.15, 0.2) is 0 Å². The molecule has 3 heterocycles. The third-order valence-corrected chi connectivity index (χ3v) is 7.71. The Morgan fingerprint density at radius 2 is 2.03 bits per heavy atom. The van der Waals surface area contributed by atoms with Crippen molar-refractivity contribution in [2.45, 2.75) is 43.9 Å². The molecule has 0 bridgehead atoms. The van der Waals surface area contributed by atoms with Gasteiger partial charge in [0.25, 0.3) is 0 Å². The van der Waals surface area contributed by atoms with Crippen molar-refractivity contribution in [2.24, 2.45) is 0 Å². The molecule has 0 saturated carbocycles. The van der Waals surface area contributed by atoms with Gasteiger partial charge in [0.05, 0.1) is 22.1 Å². The summed E-state index contributed by atoms with van der Waals surface area (Å²) in [6.45, 7) is 3.34. The minimum atomic E-state index is -4.01. The maximum Gasteiger partial charge on any atom is 0.324 e. The van der Waals surface area contributed by atoms with Crippen molar-refractivity contribution in [1.29, 1.82) is 5.26 Å². The molecule has 0 aliphatic carbocycles. The molecule has 0 unspecified atom stereocenters. The summed E-state index contributed by atoms with van der Waals surface area (Å²) in [5.41, 5.74) is 3.37. The lowest BCUT2D eigenvalue weighted by molar-refractivity contribution is -0.148. The van der Waals surface area contributed by atoms with Crippen molar-refractivity contribution in [1.82, 2.24) is 8.71 Å². The molecule has 8 nitrogen and oxygen atoms in total. The standard InChI is InChI=1S/C23H23N3O5S/c1-15-6-7-19(9-16(15)2)32(29,30)26-13-18(27)10-22(26)23(28)31-14-17-12-25-8-4-3-5-21(25)20(17)11-24/h3-9,12,18,22,27H,10,13-14H2,1-2H3/t18-,22-/m1/s1. The zero-order valence-corrected chi connectivity index (χ0v) is 18.5. The van der Waals surface area contributed by atoms with Crippen LogP contribution in [0.25, 0.3) is 5.52 Å². The van der Waals surface area contributed by atoms with Crippen LogP contribution in [0.1, 0.15) is 28.7 Å². The maximum absolute atomic E-state index is 13.2. The number of pyridine rings is 1. The number of ether oxygens (including phenoxy) is 1. The number of hydrogen-bond acceptors (Lipinski definition) is 6. The molecule has 9 heteroatoms. The summed E-state index contributed by atoms with van der Waals surface area (Å²) in [6, 6.07) is 11.2. The fraction of sp³-hybridized carbons (Fsp3) is 0.304. The highest BCUT2D eigenvalue weighted by molar-refractivity contribution is 7.89. The van der Waals surface area contributed by atoms with Crippen LogP contribution in [0, 0.1) is 25.2 Å². The number of nitriles is 1. The first-order valence-electron chi connectivity index (χ1n) is 10.1. The molecule has 4 rings (SSSR count). The molecule has 1 N–H and O–H groups in total. The van der Waals surface area contributed by atoms with Crippen LogP contribution in [0.3, 0.4) is 0 Å². The average Bonchev–Trinajstić information content (AvgIpc) is 3.34. The number of sulfonamides is 1. The van der Waals surface area contributed by atoms with Crippen LogP contribution in [-0.4, -0.2) is 46.9 Å². The molecule has 1 aliphatic heterocycles. The number of aliphatic hydroxyl groups is 1. The molecule has 1 saturated heterocycles. The fourth-order valence-electron chi connectivity index (χ4n) is 3.93. The third kappa shape index (κ3) is 3.88. The van der Waals surface area contributed by atoms with Gasteiger partial charge in [0, 0.05) is 30.9 Å². The Hall–Kier alpha value is -3.19. The van der Waals surface area contributed by atoms with Crippen LogP contribution in [0.15, 0.2) is 53.7 Å². The maximum atomic E-state index is 13.2. The number of aromatic nitrogens is 1. The second-order valence-electron chi connectivity index (χ2n) is 7.97. The van der Waals surface area contributed by atoms with Crippen LogP contribution in [0.4, 0.5) is 0 Å². The van der Waals surface area contributed by atoms with E-state index in [4.69, 9.17) is 4.74 Å². The zero-order chi connectivity index (χ0) is 23.0. The lowest BCUT2D eigenvalue weighted by Gasteiger charge is -2.22. The zero-order valence-electron chi connectivity index (χ0n) is 17.7. The number of fused-ring (bicyclic) bond motifs is 1. The second kappa shape index (κ2) is 8.39. The Labute approximate surface area is 186 Å². The summed E-state index contributed by atoms with van der Waals surface area (Å²) in [6.07, 6.45) is 2.47. The molecular formula is C23H23N3O5S. The van der Waals surface area contributed by atoms with Crippen LogP contribution in [-0.2, 0) is 26.2 Å². The topological polar surface area (TPSA) is 112 Å². The highest BCUT2D eigenvalue weighted by atomic mass is 32.2. The van der Waals surface area contributed by atoms with Gasteiger partial charge in [0.2, 0.25) is 10.0 Å². The predicted molar refractivity (Wildman–Crippen MR) is 116 cm³/mol. The Morgan fingerprint density at radius 3 is 2.75 bits per heavy atom. The third-order valence-electron chi connectivity index (χ3n) is 5.83. The number of carbonyl (C=O) groups excluding carboxylic acids is 1. The van der Waals surface area contributed by atoms with E-state index in [1.165, 1.54) is 6.07 Å². The van der Waals surface area contributed by atoms with Crippen LogP contribution in [0.2, 0.25) is 0 Å². The molecule has 1 aliphatic rings. The minimum absolute atomic E-state index is 0.0498. The summed E-state index contributed by atoms with van der Waals surface area (Å²) in [5, 5.41) is 19.6. The van der Waals surface area contributed by atoms with E-state index in [0.29, 0.717) is 16.6 Å². The Kier molecular flexibility index (Phi) is 5.77. The smallest absolute Gasteiger partial charge is 0.324 e. The fourth-order valence-corrected chi connectivity index (χ4v) is 5.65. The molecule has 2 atom stereocenters. The lowest BCUT2D eigenvalue weighted by atomic mass is 10.1. The molecule has 1 fully saturated rings. The van der Waals surface area contributed by atoms with Gasteiger partial charge < -0.3 is 14.2 Å². The van der Waals surface area contributed by atoms with E-state index in [2.05, 4.69) is 6.07 Å². The molecule has 32 heavy (non-hydrogen) atoms. The first-order chi connectivity index (χ1) is 15.2. The quantitative estimate of drug-likeness (QED) is 0.593. The van der Waals surface area contributed by atoms with Gasteiger partial charge in [-0.3, -0.25) is 4.79 Å². The molecule has 0 amide bonds. The molecule has 0 spiro atoms. The van der Waals surface area contributed by atoms with Crippen molar-refractivity contribution < 1.29 is 23.1 Å². The summed E-state index contributed by atoms with van der Waals surface area (Å²) in [5.74, 6) is -0.756. The number of rotatable bonds is 5. The normalized spacial score (nSPS) is 19.2. The number of hydrogen-bond donors (Lipinski definition) is 1. The Balaban J connectivity index is 1.56. The number of benzene rings is 1. The van der Waals surface area contributed by atoms with E-state index in [9.17, 15) is 23.6 Å². The minimum Gasteiger partial charge on any atom is -0.460 e. The van der Waals surface area contributed by atoms with E-state index in [0.717, 1.165) is 15.4 Å². The summed E-state index contributed by atoms with van der Waals surface area (Å²) in [7, 11) is -4.01. The van der Waals surface area contributed by atoms with Gasteiger partial charge >= 0.3 is 5.97 Å². The highest BCUT2D eigenvalue weighted by Crippen LogP contribution is 2.29. The SMILES string of the molecule is Cc1ccc(S(=O)(=O)N2C[C@H](O)C[C@@H]2C(=O)OCc2cn3ccccc3c2C#N)cc1C. The van der Waals surface area contributed by atoms with Crippen LogP contribution >= 0.6 is 0 Å². The molecule has 0 radical (unpaired) electrons. The number of aliphatic hydroxyl groups excluding tert-OH is 1. The van der Waals surface area contributed by atoms with Crippen molar-refractivity contribution in [3.05, 3.63) is 71.0 Å². The molecule has 166 valence electrons. The first kappa shape index (κ1) is 22.0. The summed E-state index contributed by atoms with van der Waals surface area (Å²) in [4.78, 5) is 12.9. The number of β-amino-alcohol motifs (C(OH)–C–C–N with tert-alkyl or cyclic N) is 1. The second-order valence-corrected chi connectivity index (χ2v) is 9.86. The van der Waals surface area contributed by atoms with E-state index in [1.54, 1.807) is 41.1 Å². The Morgan fingerprint density at radius 1 is 1.25 bits per heavy atom. The van der Waals surface area contributed by atoms with Gasteiger partial charge in [-0.15, -0.1) is 0 Å². The molecular weight excluding hydrogens is 430 g/mol. The lowest BCUT2D eigenvalue weighted by Crippen LogP contribution is -2.41. The van der Waals surface area contributed by atoms with E-state index >= 15 is 0 Å². The van der Waals surface area contributed by atoms with Crippen LogP contribution in [0.5, 0.6) is 0 Å². The number of aryl methyl sites for hydroxylation is 2. The number of nitrogens with zero attached hydrogens (tertiary/aromatic N) is 3. The van der Waals surface area contributed by atoms with Gasteiger partial charge in [0.1, 0.15) is 18.7 Å². The van der Waals surface area contributed by atoms with Gasteiger partial charge in [-0.25, -0.2) is 8.42 Å². The van der Waals surface area contributed by atoms with Crippen LogP contribution < -0.4 is 0 Å². The molecule has 2 aromatic heterocycles. The highest BCUT2D eigenvalue weighted by Gasteiger charge is 2.44. The van der Waals surface area contributed by atoms with Gasteiger partial charge in [-0.05, 0) is 49.2 Å².